The Morgan fingerprint density at radius 3 is 2.66 bits per heavy atom. The quantitative estimate of drug-likeness (QED) is 0.223. The topological polar surface area (TPSA) is 92.0 Å². The molecule has 2 aromatic carbocycles. The van der Waals surface area contributed by atoms with Gasteiger partial charge >= 0.3 is 5.97 Å². The third kappa shape index (κ3) is 6.49. The molecular formula is C25H27Br2N3O5. The first-order valence-corrected chi connectivity index (χ1v) is 12.8. The molecule has 0 radical (unpaired) electrons. The Bertz CT molecular complexity index is 1310. The zero-order valence-corrected chi connectivity index (χ0v) is 23.2. The van der Waals surface area contributed by atoms with Crippen molar-refractivity contribution < 1.29 is 19.0 Å². The van der Waals surface area contributed by atoms with E-state index in [1.807, 2.05) is 12.1 Å². The van der Waals surface area contributed by atoms with Crippen LogP contribution in [0.2, 0.25) is 0 Å². The first-order valence-electron chi connectivity index (χ1n) is 11.2. The number of ether oxygens (including phenoxy) is 3. The van der Waals surface area contributed by atoms with Crippen LogP contribution in [-0.4, -0.2) is 41.7 Å². The minimum atomic E-state index is -0.875. The van der Waals surface area contributed by atoms with Crippen molar-refractivity contribution in [3.63, 3.8) is 0 Å². The van der Waals surface area contributed by atoms with Crippen LogP contribution < -0.4 is 15.0 Å². The Kier molecular flexibility index (Phi) is 9.45. The summed E-state index contributed by atoms with van der Waals surface area (Å²) >= 11 is 6.88. The van der Waals surface area contributed by atoms with E-state index < -0.39 is 12.1 Å². The lowest BCUT2D eigenvalue weighted by atomic mass is 10.2. The molecule has 0 aliphatic heterocycles. The molecule has 0 aliphatic rings. The van der Waals surface area contributed by atoms with Gasteiger partial charge in [0.2, 0.25) is 0 Å². The van der Waals surface area contributed by atoms with E-state index in [4.69, 9.17) is 19.2 Å². The second kappa shape index (κ2) is 12.3. The van der Waals surface area contributed by atoms with Gasteiger partial charge < -0.3 is 14.2 Å². The molecule has 0 bridgehead atoms. The molecule has 10 heteroatoms. The van der Waals surface area contributed by atoms with E-state index in [9.17, 15) is 9.59 Å². The second-order valence-corrected chi connectivity index (χ2v) is 9.52. The molecule has 0 fully saturated rings. The molecular weight excluding hydrogens is 582 g/mol. The predicted octanol–water partition coefficient (Wildman–Crippen LogP) is 5.49. The highest BCUT2D eigenvalue weighted by atomic mass is 79.9. The Balaban J connectivity index is 2.12. The zero-order valence-electron chi connectivity index (χ0n) is 20.0. The SMILES string of the molecule is CCCCc1nc2ccc(Br)cc2c(=O)n1N=Cc1cc(Br)cc(OC)c1O[C@H](C)C(=O)OCC. The van der Waals surface area contributed by atoms with Crippen molar-refractivity contribution in [1.29, 1.82) is 0 Å². The number of hydrogen-bond acceptors (Lipinski definition) is 7. The maximum atomic E-state index is 13.4. The smallest absolute Gasteiger partial charge is 0.347 e. The van der Waals surface area contributed by atoms with E-state index in [2.05, 4.69) is 43.9 Å². The molecule has 0 amide bonds. The number of esters is 1. The maximum Gasteiger partial charge on any atom is 0.347 e. The molecule has 0 unspecified atom stereocenters. The van der Waals surface area contributed by atoms with E-state index in [-0.39, 0.29) is 12.2 Å². The second-order valence-electron chi connectivity index (χ2n) is 7.69. The van der Waals surface area contributed by atoms with Crippen LogP contribution >= 0.6 is 31.9 Å². The average Bonchev–Trinajstić information content (AvgIpc) is 2.83. The number of carbonyl (C=O) groups excluding carboxylic acids is 1. The number of carbonyl (C=O) groups is 1. The van der Waals surface area contributed by atoms with Gasteiger partial charge in [-0.1, -0.05) is 45.2 Å². The summed E-state index contributed by atoms with van der Waals surface area (Å²) in [6, 6.07) is 8.89. The van der Waals surface area contributed by atoms with Crippen LogP contribution in [0.3, 0.4) is 0 Å². The number of methoxy groups -OCH3 is 1. The van der Waals surface area contributed by atoms with Crippen LogP contribution in [-0.2, 0) is 16.0 Å². The van der Waals surface area contributed by atoms with Gasteiger partial charge in [-0.3, -0.25) is 4.79 Å². The van der Waals surface area contributed by atoms with Gasteiger partial charge in [0, 0.05) is 20.9 Å². The molecule has 0 saturated heterocycles. The number of halogens is 2. The Morgan fingerprint density at radius 1 is 1.20 bits per heavy atom. The molecule has 0 aliphatic carbocycles. The summed E-state index contributed by atoms with van der Waals surface area (Å²) in [4.78, 5) is 30.2. The van der Waals surface area contributed by atoms with Crippen LogP contribution in [0.25, 0.3) is 10.9 Å². The number of aromatic nitrogens is 2. The Hall–Kier alpha value is -2.72. The van der Waals surface area contributed by atoms with Crippen molar-refractivity contribution in [2.24, 2.45) is 5.10 Å². The highest BCUT2D eigenvalue weighted by molar-refractivity contribution is 9.10. The summed E-state index contributed by atoms with van der Waals surface area (Å²) in [5.74, 6) is 0.769. The average molecular weight is 609 g/mol. The molecule has 1 atom stereocenters. The largest absolute Gasteiger partial charge is 0.493 e. The summed E-state index contributed by atoms with van der Waals surface area (Å²) in [7, 11) is 1.50. The van der Waals surface area contributed by atoms with Crippen molar-refractivity contribution in [3.8, 4) is 11.5 Å². The lowest BCUT2D eigenvalue weighted by molar-refractivity contribution is -0.150. The third-order valence-corrected chi connectivity index (χ3v) is 6.07. The standard InChI is InChI=1S/C25H27Br2N3O5/c1-5-7-8-22-29-20-10-9-17(26)12-19(20)24(31)30(22)28-14-16-11-18(27)13-21(33-4)23(16)35-15(3)25(32)34-6-2/h9-15H,5-8H2,1-4H3/t15-/m1/s1. The van der Waals surface area contributed by atoms with Crippen molar-refractivity contribution >= 4 is 54.9 Å². The van der Waals surface area contributed by atoms with Gasteiger partial charge in [0.15, 0.2) is 17.6 Å². The number of unbranched alkanes of at least 4 members (excludes halogenated alkanes) is 1. The van der Waals surface area contributed by atoms with Crippen molar-refractivity contribution in [2.75, 3.05) is 13.7 Å². The summed E-state index contributed by atoms with van der Waals surface area (Å²) in [6.45, 7) is 5.64. The molecule has 1 heterocycles. The van der Waals surface area contributed by atoms with E-state index in [1.54, 1.807) is 32.0 Å². The van der Waals surface area contributed by atoms with E-state index in [0.29, 0.717) is 44.7 Å². The number of aryl methyl sites for hydroxylation is 1. The van der Waals surface area contributed by atoms with Gasteiger partial charge in [-0.05, 0) is 50.6 Å². The van der Waals surface area contributed by atoms with Crippen molar-refractivity contribution in [3.05, 3.63) is 61.0 Å². The first-order chi connectivity index (χ1) is 16.8. The normalized spacial score (nSPS) is 12.2. The molecule has 186 valence electrons. The zero-order chi connectivity index (χ0) is 25.5. The molecule has 0 spiro atoms. The maximum absolute atomic E-state index is 13.4. The van der Waals surface area contributed by atoms with Crippen LogP contribution in [0, 0.1) is 0 Å². The molecule has 0 N–H and O–H groups in total. The van der Waals surface area contributed by atoms with Crippen LogP contribution in [0.5, 0.6) is 11.5 Å². The van der Waals surface area contributed by atoms with Gasteiger partial charge in [-0.25, -0.2) is 9.78 Å². The lowest BCUT2D eigenvalue weighted by Crippen LogP contribution is -2.26. The summed E-state index contributed by atoms with van der Waals surface area (Å²) < 4.78 is 19.3. The lowest BCUT2D eigenvalue weighted by Gasteiger charge is -2.18. The number of benzene rings is 2. The Morgan fingerprint density at radius 2 is 1.97 bits per heavy atom. The minimum absolute atomic E-state index is 0.243. The summed E-state index contributed by atoms with van der Waals surface area (Å²) in [5, 5.41) is 4.96. The fourth-order valence-electron chi connectivity index (χ4n) is 3.38. The fourth-order valence-corrected chi connectivity index (χ4v) is 4.19. The van der Waals surface area contributed by atoms with E-state index in [1.165, 1.54) is 18.0 Å². The number of nitrogens with zero attached hydrogens (tertiary/aromatic N) is 3. The number of fused-ring (bicyclic) bond motifs is 1. The highest BCUT2D eigenvalue weighted by Gasteiger charge is 2.21. The van der Waals surface area contributed by atoms with Gasteiger partial charge in [-0.15, -0.1) is 0 Å². The molecule has 3 rings (SSSR count). The van der Waals surface area contributed by atoms with Crippen LogP contribution in [0.1, 0.15) is 45.0 Å². The molecule has 35 heavy (non-hydrogen) atoms. The Labute approximate surface area is 220 Å². The van der Waals surface area contributed by atoms with Gasteiger partial charge in [0.05, 0.1) is 30.8 Å². The van der Waals surface area contributed by atoms with Gasteiger partial charge in [-0.2, -0.15) is 9.78 Å². The highest BCUT2D eigenvalue weighted by Crippen LogP contribution is 2.35. The van der Waals surface area contributed by atoms with E-state index in [0.717, 1.165) is 17.3 Å². The molecule has 0 saturated carbocycles. The summed E-state index contributed by atoms with van der Waals surface area (Å²) in [6.07, 6.45) is 3.04. The van der Waals surface area contributed by atoms with Gasteiger partial charge in [0.1, 0.15) is 5.82 Å². The van der Waals surface area contributed by atoms with Crippen LogP contribution in [0.15, 0.2) is 49.2 Å². The fraction of sp³-hybridized carbons (Fsp3) is 0.360. The molecule has 1 aromatic heterocycles. The predicted molar refractivity (Wildman–Crippen MR) is 143 cm³/mol. The van der Waals surface area contributed by atoms with Gasteiger partial charge in [0.25, 0.3) is 5.56 Å². The number of rotatable bonds is 10. The van der Waals surface area contributed by atoms with Crippen molar-refractivity contribution in [1.82, 2.24) is 9.66 Å². The summed E-state index contributed by atoms with van der Waals surface area (Å²) in [5.41, 5.74) is 0.852. The third-order valence-electron chi connectivity index (χ3n) is 5.12. The number of hydrogen-bond donors (Lipinski definition) is 0. The molecule has 3 aromatic rings. The molecule has 8 nitrogen and oxygen atoms in total. The first kappa shape index (κ1) is 26.9. The van der Waals surface area contributed by atoms with Crippen LogP contribution in [0.4, 0.5) is 0 Å². The van der Waals surface area contributed by atoms with E-state index >= 15 is 0 Å². The van der Waals surface area contributed by atoms with Crippen molar-refractivity contribution in [2.45, 2.75) is 46.1 Å². The minimum Gasteiger partial charge on any atom is -0.493 e. The monoisotopic (exact) mass is 607 g/mol.